The van der Waals surface area contributed by atoms with Crippen molar-refractivity contribution in [2.24, 2.45) is 5.41 Å². The van der Waals surface area contributed by atoms with E-state index in [-0.39, 0.29) is 12.0 Å². The quantitative estimate of drug-likeness (QED) is 0.618. The Morgan fingerprint density at radius 3 is 2.21 bits per heavy atom. The van der Waals surface area contributed by atoms with Crippen molar-refractivity contribution in [2.45, 2.75) is 32.9 Å². The van der Waals surface area contributed by atoms with Crippen LogP contribution in [-0.2, 0) is 0 Å². The number of thioether (sulfide) groups is 1. The third kappa shape index (κ3) is 5.86. The highest BCUT2D eigenvalue weighted by Gasteiger charge is 2.22. The summed E-state index contributed by atoms with van der Waals surface area (Å²) >= 11 is 1.67. The van der Waals surface area contributed by atoms with Crippen molar-refractivity contribution in [1.29, 1.82) is 0 Å². The van der Waals surface area contributed by atoms with Crippen molar-refractivity contribution < 1.29 is 10.2 Å². The van der Waals surface area contributed by atoms with Crippen LogP contribution < -0.4 is 5.32 Å². The second kappa shape index (κ2) is 6.67. The van der Waals surface area contributed by atoms with Gasteiger partial charge < -0.3 is 15.5 Å². The van der Waals surface area contributed by atoms with Crippen LogP contribution in [0.1, 0.15) is 20.8 Å². The first kappa shape index (κ1) is 14.2. The molecule has 0 rings (SSSR count). The van der Waals surface area contributed by atoms with Gasteiger partial charge in [0.2, 0.25) is 0 Å². The molecule has 2 unspecified atom stereocenters. The van der Waals surface area contributed by atoms with Crippen LogP contribution in [0.3, 0.4) is 0 Å². The van der Waals surface area contributed by atoms with E-state index in [0.717, 1.165) is 5.75 Å². The highest BCUT2D eigenvalue weighted by Crippen LogP contribution is 2.22. The van der Waals surface area contributed by atoms with E-state index in [4.69, 9.17) is 10.2 Å². The normalized spacial score (nSPS) is 16.7. The lowest BCUT2D eigenvalue weighted by Crippen LogP contribution is -2.40. The maximum atomic E-state index is 9.16. The van der Waals surface area contributed by atoms with Crippen LogP contribution in [0.2, 0.25) is 0 Å². The minimum atomic E-state index is -0.586. The summed E-state index contributed by atoms with van der Waals surface area (Å²) in [5.74, 6) is 1.56. The molecule has 0 saturated heterocycles. The molecule has 0 bridgehead atoms. The summed E-state index contributed by atoms with van der Waals surface area (Å²) in [5.41, 5.74) is 0.228. The van der Waals surface area contributed by atoms with E-state index in [0.29, 0.717) is 11.8 Å². The molecule has 3 N–H and O–H groups in total. The Labute approximate surface area is 91.3 Å². The van der Waals surface area contributed by atoms with Gasteiger partial charge in [0.15, 0.2) is 0 Å². The Balaban J connectivity index is 3.74. The zero-order valence-corrected chi connectivity index (χ0v) is 10.4. The second-order valence-corrected chi connectivity index (χ2v) is 5.66. The predicted octanol–water partition coefficient (Wildman–Crippen LogP) is 0.707. The molecule has 0 aliphatic carbocycles. The van der Waals surface area contributed by atoms with Crippen molar-refractivity contribution in [3.63, 3.8) is 0 Å². The van der Waals surface area contributed by atoms with E-state index in [2.05, 4.69) is 26.1 Å². The molecular weight excluding hydrogens is 198 g/mol. The topological polar surface area (TPSA) is 52.5 Å². The first-order valence-corrected chi connectivity index (χ1v) is 6.11. The van der Waals surface area contributed by atoms with Gasteiger partial charge in [-0.15, -0.1) is 0 Å². The molecule has 0 aromatic rings. The molecule has 0 aliphatic rings. The molecule has 0 aromatic carbocycles. The standard InChI is InChI=1S/C10H23NO2S/c1-10(2,3)9(11-4)7-14-6-8(13)5-12/h8-9,11-13H,5-7H2,1-4H3. The van der Waals surface area contributed by atoms with Crippen molar-refractivity contribution in [1.82, 2.24) is 5.32 Å². The van der Waals surface area contributed by atoms with E-state index in [1.165, 1.54) is 0 Å². The van der Waals surface area contributed by atoms with Crippen molar-refractivity contribution in [3.8, 4) is 0 Å². The van der Waals surface area contributed by atoms with Crippen molar-refractivity contribution in [2.75, 3.05) is 25.2 Å². The largest absolute Gasteiger partial charge is 0.394 e. The number of hydrogen-bond donors (Lipinski definition) is 3. The minimum Gasteiger partial charge on any atom is -0.394 e. The van der Waals surface area contributed by atoms with Gasteiger partial charge in [-0.3, -0.25) is 0 Å². The lowest BCUT2D eigenvalue weighted by atomic mass is 9.88. The Hall–Kier alpha value is 0.230. The number of rotatable bonds is 6. The maximum Gasteiger partial charge on any atom is 0.0861 e. The van der Waals surface area contributed by atoms with Gasteiger partial charge in [0.05, 0.1) is 12.7 Å². The number of aliphatic hydroxyl groups excluding tert-OH is 2. The van der Waals surface area contributed by atoms with Gasteiger partial charge in [-0.1, -0.05) is 20.8 Å². The first-order valence-electron chi connectivity index (χ1n) is 4.95. The van der Waals surface area contributed by atoms with E-state index >= 15 is 0 Å². The van der Waals surface area contributed by atoms with Crippen LogP contribution in [0.25, 0.3) is 0 Å². The maximum absolute atomic E-state index is 9.16. The number of nitrogens with one attached hydrogen (secondary N) is 1. The van der Waals surface area contributed by atoms with Gasteiger partial charge >= 0.3 is 0 Å². The lowest BCUT2D eigenvalue weighted by molar-refractivity contribution is 0.113. The summed E-state index contributed by atoms with van der Waals surface area (Å²) in [5, 5.41) is 21.1. The fourth-order valence-electron chi connectivity index (χ4n) is 1.14. The molecule has 4 heteroatoms. The summed E-state index contributed by atoms with van der Waals surface area (Å²) < 4.78 is 0. The predicted molar refractivity (Wildman–Crippen MR) is 62.7 cm³/mol. The van der Waals surface area contributed by atoms with E-state index in [9.17, 15) is 0 Å². The van der Waals surface area contributed by atoms with Crippen molar-refractivity contribution >= 4 is 11.8 Å². The summed E-state index contributed by atoms with van der Waals surface area (Å²) in [4.78, 5) is 0. The molecule has 0 spiro atoms. The van der Waals surface area contributed by atoms with Gasteiger partial charge in [-0.2, -0.15) is 11.8 Å². The molecule has 0 fully saturated rings. The summed E-state index contributed by atoms with van der Waals surface area (Å²) in [6.45, 7) is 6.43. The van der Waals surface area contributed by atoms with Gasteiger partial charge in [0.25, 0.3) is 0 Å². The van der Waals surface area contributed by atoms with Gasteiger partial charge in [0, 0.05) is 17.5 Å². The smallest absolute Gasteiger partial charge is 0.0861 e. The second-order valence-electron chi connectivity index (χ2n) is 4.58. The fraction of sp³-hybridized carbons (Fsp3) is 1.00. The Kier molecular flexibility index (Phi) is 6.78. The lowest BCUT2D eigenvalue weighted by Gasteiger charge is -2.30. The van der Waals surface area contributed by atoms with Crippen LogP contribution in [0.4, 0.5) is 0 Å². The Bertz CT molecular complexity index is 148. The molecule has 0 radical (unpaired) electrons. The highest BCUT2D eigenvalue weighted by molar-refractivity contribution is 7.99. The molecule has 0 aromatic heterocycles. The third-order valence-electron chi connectivity index (χ3n) is 2.20. The summed E-state index contributed by atoms with van der Waals surface area (Å²) in [6, 6.07) is 0.429. The highest BCUT2D eigenvalue weighted by atomic mass is 32.2. The zero-order chi connectivity index (χ0) is 11.2. The average molecular weight is 221 g/mol. The van der Waals surface area contributed by atoms with Crippen LogP contribution in [-0.4, -0.2) is 47.5 Å². The molecule has 0 heterocycles. The molecule has 14 heavy (non-hydrogen) atoms. The third-order valence-corrected chi connectivity index (χ3v) is 3.39. The first-order chi connectivity index (χ1) is 6.41. The Morgan fingerprint density at radius 2 is 1.86 bits per heavy atom. The van der Waals surface area contributed by atoms with Gasteiger partial charge in [0.1, 0.15) is 0 Å². The fourth-order valence-corrected chi connectivity index (χ4v) is 2.56. The van der Waals surface area contributed by atoms with E-state index in [1.54, 1.807) is 11.8 Å². The molecule has 3 nitrogen and oxygen atoms in total. The average Bonchev–Trinajstić information content (AvgIpc) is 2.09. The molecule has 2 atom stereocenters. The van der Waals surface area contributed by atoms with Crippen molar-refractivity contribution in [3.05, 3.63) is 0 Å². The minimum absolute atomic E-state index is 0.146. The molecule has 0 saturated carbocycles. The Morgan fingerprint density at radius 1 is 1.29 bits per heavy atom. The van der Waals surface area contributed by atoms with Gasteiger partial charge in [-0.25, -0.2) is 0 Å². The zero-order valence-electron chi connectivity index (χ0n) is 9.58. The summed E-state index contributed by atoms with van der Waals surface area (Å²) in [6.07, 6.45) is -0.586. The molecule has 86 valence electrons. The van der Waals surface area contributed by atoms with Crippen LogP contribution in [0.15, 0.2) is 0 Å². The molecule has 0 amide bonds. The number of hydrogen-bond acceptors (Lipinski definition) is 4. The van der Waals surface area contributed by atoms with Crippen LogP contribution >= 0.6 is 11.8 Å². The molecular formula is C10H23NO2S. The number of aliphatic hydroxyl groups is 2. The van der Waals surface area contributed by atoms with Crippen LogP contribution in [0.5, 0.6) is 0 Å². The summed E-state index contributed by atoms with van der Waals surface area (Å²) in [7, 11) is 1.96. The van der Waals surface area contributed by atoms with Gasteiger partial charge in [-0.05, 0) is 12.5 Å². The van der Waals surface area contributed by atoms with E-state index < -0.39 is 6.10 Å². The molecule has 0 aliphatic heterocycles. The van der Waals surface area contributed by atoms with Crippen LogP contribution in [0, 0.1) is 5.41 Å². The monoisotopic (exact) mass is 221 g/mol. The SMILES string of the molecule is CNC(CSCC(O)CO)C(C)(C)C. The van der Waals surface area contributed by atoms with E-state index in [1.807, 2.05) is 7.05 Å².